The zero-order valence-corrected chi connectivity index (χ0v) is 27.4. The van der Waals surface area contributed by atoms with Gasteiger partial charge in [-0.1, -0.05) is 39.3 Å². The molecule has 43 heavy (non-hydrogen) atoms. The topological polar surface area (TPSA) is 90.4 Å². The van der Waals surface area contributed by atoms with E-state index in [-0.39, 0.29) is 35.7 Å². The van der Waals surface area contributed by atoms with Gasteiger partial charge in [-0.05, 0) is 48.3 Å². The van der Waals surface area contributed by atoms with Gasteiger partial charge in [0.15, 0.2) is 0 Å². The number of rotatable bonds is 15. The monoisotopic (exact) mass is 599 g/mol. The van der Waals surface area contributed by atoms with Gasteiger partial charge >= 0.3 is 5.97 Å². The van der Waals surface area contributed by atoms with E-state index < -0.39 is 11.9 Å². The van der Waals surface area contributed by atoms with Gasteiger partial charge in [0.2, 0.25) is 11.8 Å². The fourth-order valence-electron chi connectivity index (χ4n) is 7.17. The van der Waals surface area contributed by atoms with E-state index in [9.17, 15) is 19.5 Å². The average Bonchev–Trinajstić information content (AvgIpc) is 3.60. The molecule has 3 atom stereocenters. The number of amides is 2. The first kappa shape index (κ1) is 33.2. The van der Waals surface area contributed by atoms with Crippen LogP contribution >= 0.6 is 0 Å². The number of nitrogens with zero attached hydrogens (tertiary/aromatic N) is 4. The van der Waals surface area contributed by atoms with Gasteiger partial charge in [0, 0.05) is 57.5 Å². The van der Waals surface area contributed by atoms with Gasteiger partial charge in [-0.2, -0.15) is 0 Å². The highest BCUT2D eigenvalue weighted by molar-refractivity contribution is 5.80. The molecule has 3 aliphatic rings. The second kappa shape index (κ2) is 14.0. The minimum absolute atomic E-state index is 0.0741. The van der Waals surface area contributed by atoms with Gasteiger partial charge in [-0.15, -0.1) is 0 Å². The Bertz CT molecular complexity index is 1150. The van der Waals surface area contributed by atoms with Crippen molar-refractivity contribution in [2.45, 2.75) is 77.7 Å². The Morgan fingerprint density at radius 1 is 1.14 bits per heavy atom. The van der Waals surface area contributed by atoms with Crippen molar-refractivity contribution in [3.8, 4) is 5.75 Å². The highest BCUT2D eigenvalue weighted by atomic mass is 16.5. The summed E-state index contributed by atoms with van der Waals surface area (Å²) >= 11 is 0. The summed E-state index contributed by atoms with van der Waals surface area (Å²) in [5.41, 5.74) is 2.05. The molecule has 0 spiro atoms. The Hall–Kier alpha value is -2.65. The number of carbonyl (C=O) groups excluding carboxylic acids is 2. The van der Waals surface area contributed by atoms with Crippen molar-refractivity contribution in [2.75, 3.05) is 73.6 Å². The lowest BCUT2D eigenvalue weighted by atomic mass is 9.83. The van der Waals surface area contributed by atoms with Crippen LogP contribution in [-0.4, -0.2) is 122 Å². The lowest BCUT2D eigenvalue weighted by Crippen LogP contribution is -2.46. The van der Waals surface area contributed by atoms with E-state index in [1.165, 1.54) is 0 Å². The molecule has 0 aliphatic carbocycles. The third-order valence-electron chi connectivity index (χ3n) is 9.45. The molecule has 1 aromatic rings. The maximum atomic E-state index is 13.9. The summed E-state index contributed by atoms with van der Waals surface area (Å²) in [6, 6.07) is 5.74. The summed E-state index contributed by atoms with van der Waals surface area (Å²) in [5.74, 6) is -0.642. The molecule has 0 saturated carbocycles. The maximum Gasteiger partial charge on any atom is 0.308 e. The molecular formula is C34H55N4O5+. The first-order valence-electron chi connectivity index (χ1n) is 16.4. The number of hydrogen-bond acceptors (Lipinski definition) is 5. The van der Waals surface area contributed by atoms with Crippen molar-refractivity contribution in [2.24, 2.45) is 11.3 Å². The molecule has 9 heteroatoms. The number of fused-ring (bicyclic) bond motifs is 1. The van der Waals surface area contributed by atoms with Crippen molar-refractivity contribution in [1.29, 1.82) is 0 Å². The number of likely N-dealkylation sites (tertiary alicyclic amines) is 2. The van der Waals surface area contributed by atoms with Crippen molar-refractivity contribution in [1.82, 2.24) is 14.7 Å². The van der Waals surface area contributed by atoms with Crippen LogP contribution in [0.15, 0.2) is 18.2 Å². The van der Waals surface area contributed by atoms with Crippen LogP contribution in [0.5, 0.6) is 5.75 Å². The second-order valence-electron chi connectivity index (χ2n) is 14.8. The van der Waals surface area contributed by atoms with Crippen molar-refractivity contribution in [3.63, 3.8) is 0 Å². The third kappa shape index (κ3) is 8.72. The molecule has 1 N–H and O–H groups in total. The first-order valence-corrected chi connectivity index (χ1v) is 16.4. The fourth-order valence-corrected chi connectivity index (χ4v) is 7.17. The third-order valence-corrected chi connectivity index (χ3v) is 9.45. The number of carboxylic acids is 1. The van der Waals surface area contributed by atoms with Gasteiger partial charge in [0.1, 0.15) is 5.75 Å². The molecule has 3 unspecified atom stereocenters. The molecule has 9 nitrogen and oxygen atoms in total. The molecule has 3 heterocycles. The second-order valence-corrected chi connectivity index (χ2v) is 14.8. The SMILES string of the molecule is CCCCN(CCCC[N+](C)(C)C)C(=O)CN1CC(c2ccc3c(c2)CCO3)C(C(=O)O)C1CCN1CC(C)(C)CC1=O. The standard InChI is InChI=1S/C34H54N4O5/c1-7-8-15-35(16-9-10-18-38(4,5)6)31(40)23-37-22-27(25-11-12-29-26(20-25)14-19-43-29)32(33(41)42)28(37)13-17-36-24-34(2,3)21-30(36)39/h11-12,20,27-28,32H,7-10,13-19,21-24H2,1-6H3/p+1. The average molecular weight is 600 g/mol. The largest absolute Gasteiger partial charge is 0.493 e. The molecular weight excluding hydrogens is 544 g/mol. The Labute approximate surface area is 258 Å². The Kier molecular flexibility index (Phi) is 10.8. The van der Waals surface area contributed by atoms with Crippen molar-refractivity contribution in [3.05, 3.63) is 29.3 Å². The van der Waals surface area contributed by atoms with Crippen LogP contribution in [-0.2, 0) is 20.8 Å². The van der Waals surface area contributed by atoms with Gasteiger partial charge in [0.05, 0.1) is 46.8 Å². The summed E-state index contributed by atoms with van der Waals surface area (Å²) in [6.45, 7) is 11.4. The number of ether oxygens (including phenoxy) is 1. The molecule has 240 valence electrons. The Morgan fingerprint density at radius 2 is 1.88 bits per heavy atom. The van der Waals surface area contributed by atoms with E-state index >= 15 is 0 Å². The van der Waals surface area contributed by atoms with Crippen molar-refractivity contribution >= 4 is 17.8 Å². The predicted molar refractivity (Wildman–Crippen MR) is 168 cm³/mol. The summed E-state index contributed by atoms with van der Waals surface area (Å²) in [4.78, 5) is 45.6. The number of carboxylic acid groups (broad SMARTS) is 1. The van der Waals surface area contributed by atoms with E-state index in [0.717, 1.165) is 73.1 Å². The van der Waals surface area contributed by atoms with Crippen LogP contribution in [0, 0.1) is 11.3 Å². The van der Waals surface area contributed by atoms with Gasteiger partial charge in [-0.3, -0.25) is 19.3 Å². The van der Waals surface area contributed by atoms with Crippen LogP contribution in [0.2, 0.25) is 0 Å². The van der Waals surface area contributed by atoms with Crippen LogP contribution in [0.1, 0.15) is 76.3 Å². The lowest BCUT2D eigenvalue weighted by molar-refractivity contribution is -0.870. The van der Waals surface area contributed by atoms with E-state index in [1.54, 1.807) is 0 Å². The summed E-state index contributed by atoms with van der Waals surface area (Å²) < 4.78 is 6.61. The maximum absolute atomic E-state index is 13.9. The van der Waals surface area contributed by atoms with Crippen LogP contribution in [0.3, 0.4) is 0 Å². The summed E-state index contributed by atoms with van der Waals surface area (Å²) in [6.07, 6.45) is 5.86. The molecule has 3 aliphatic heterocycles. The summed E-state index contributed by atoms with van der Waals surface area (Å²) in [7, 11) is 6.56. The van der Waals surface area contributed by atoms with Crippen LogP contribution in [0.25, 0.3) is 0 Å². The summed E-state index contributed by atoms with van der Waals surface area (Å²) in [5, 5.41) is 10.6. The molecule has 0 bridgehead atoms. The molecule has 2 amide bonds. The van der Waals surface area contributed by atoms with E-state index in [1.807, 2.05) is 21.9 Å². The Morgan fingerprint density at radius 3 is 2.53 bits per heavy atom. The molecule has 2 fully saturated rings. The highest BCUT2D eigenvalue weighted by Crippen LogP contribution is 2.41. The molecule has 0 radical (unpaired) electrons. The predicted octanol–water partition coefficient (Wildman–Crippen LogP) is 3.85. The number of benzene rings is 1. The quantitative estimate of drug-likeness (QED) is 0.243. The molecule has 1 aromatic carbocycles. The van der Waals surface area contributed by atoms with Crippen molar-refractivity contribution < 1.29 is 28.7 Å². The number of hydrogen-bond donors (Lipinski definition) is 1. The van der Waals surface area contributed by atoms with Gasteiger partial charge < -0.3 is 24.1 Å². The molecule has 2 saturated heterocycles. The van der Waals surface area contributed by atoms with E-state index in [0.29, 0.717) is 39.1 Å². The molecule has 4 rings (SSSR count). The Balaban J connectivity index is 1.54. The van der Waals surface area contributed by atoms with Gasteiger partial charge in [-0.25, -0.2) is 0 Å². The zero-order valence-electron chi connectivity index (χ0n) is 27.4. The smallest absolute Gasteiger partial charge is 0.308 e. The number of quaternary nitrogens is 1. The zero-order chi connectivity index (χ0) is 31.4. The normalized spacial score (nSPS) is 23.4. The molecule has 0 aromatic heterocycles. The van der Waals surface area contributed by atoms with Gasteiger partial charge in [0.25, 0.3) is 0 Å². The van der Waals surface area contributed by atoms with E-state index in [4.69, 9.17) is 4.74 Å². The minimum Gasteiger partial charge on any atom is -0.493 e. The lowest BCUT2D eigenvalue weighted by Gasteiger charge is -2.31. The number of aliphatic carboxylic acids is 1. The number of unbranched alkanes of at least 4 members (excludes halogenated alkanes) is 2. The highest BCUT2D eigenvalue weighted by Gasteiger charge is 2.48. The number of carbonyl (C=O) groups is 3. The van der Waals surface area contributed by atoms with E-state index in [2.05, 4.69) is 52.9 Å². The van der Waals surface area contributed by atoms with Crippen LogP contribution in [0.4, 0.5) is 0 Å². The van der Waals surface area contributed by atoms with Crippen LogP contribution < -0.4 is 4.74 Å². The fraction of sp³-hybridized carbons (Fsp3) is 0.735. The minimum atomic E-state index is -0.835. The first-order chi connectivity index (χ1) is 20.3.